The number of aromatic nitrogens is 1. The molecule has 0 fully saturated rings. The third-order valence-corrected chi connectivity index (χ3v) is 5.35. The molecule has 0 amide bonds. The molecule has 2 aromatic heterocycles. The number of sulfonamides is 1. The SMILES string of the molecule is O=S(=O)(NCc1ccnc(-c2ccsc2)c1)c1ccccc1F. The van der Waals surface area contributed by atoms with Crippen molar-refractivity contribution in [3.05, 3.63) is 70.8 Å². The molecular weight excluding hydrogens is 335 g/mol. The predicted molar refractivity (Wildman–Crippen MR) is 88.0 cm³/mol. The van der Waals surface area contributed by atoms with Gasteiger partial charge in [-0.15, -0.1) is 0 Å². The highest BCUT2D eigenvalue weighted by atomic mass is 32.2. The molecule has 0 aliphatic carbocycles. The lowest BCUT2D eigenvalue weighted by atomic mass is 10.1. The van der Waals surface area contributed by atoms with Crippen LogP contribution in [0.3, 0.4) is 0 Å². The van der Waals surface area contributed by atoms with Gasteiger partial charge in [0, 0.05) is 23.7 Å². The number of hydrogen-bond donors (Lipinski definition) is 1. The second kappa shape index (κ2) is 6.57. The number of thiophene rings is 1. The highest BCUT2D eigenvalue weighted by Gasteiger charge is 2.18. The highest BCUT2D eigenvalue weighted by molar-refractivity contribution is 7.89. The second-order valence-electron chi connectivity index (χ2n) is 4.82. The van der Waals surface area contributed by atoms with Crippen LogP contribution in [0.2, 0.25) is 0 Å². The van der Waals surface area contributed by atoms with Crippen molar-refractivity contribution in [2.45, 2.75) is 11.4 Å². The summed E-state index contributed by atoms with van der Waals surface area (Å²) in [6, 6.07) is 10.8. The molecule has 0 aliphatic heterocycles. The summed E-state index contributed by atoms with van der Waals surface area (Å²) in [6.45, 7) is 0.0658. The van der Waals surface area contributed by atoms with Crippen LogP contribution in [0.25, 0.3) is 11.3 Å². The topological polar surface area (TPSA) is 59.1 Å². The van der Waals surface area contributed by atoms with Gasteiger partial charge in [-0.2, -0.15) is 11.3 Å². The molecule has 7 heteroatoms. The van der Waals surface area contributed by atoms with E-state index in [2.05, 4.69) is 9.71 Å². The maximum atomic E-state index is 13.6. The van der Waals surface area contributed by atoms with E-state index in [-0.39, 0.29) is 11.4 Å². The molecular formula is C16H13FN2O2S2. The van der Waals surface area contributed by atoms with E-state index in [0.717, 1.165) is 22.9 Å². The Hall–Kier alpha value is -2.09. The van der Waals surface area contributed by atoms with Crippen molar-refractivity contribution in [3.63, 3.8) is 0 Å². The minimum absolute atomic E-state index is 0.0658. The largest absolute Gasteiger partial charge is 0.256 e. The van der Waals surface area contributed by atoms with Gasteiger partial charge in [0.1, 0.15) is 10.7 Å². The Morgan fingerprint density at radius 2 is 2.00 bits per heavy atom. The lowest BCUT2D eigenvalue weighted by molar-refractivity contribution is 0.557. The van der Waals surface area contributed by atoms with Gasteiger partial charge in [-0.05, 0) is 41.3 Å². The van der Waals surface area contributed by atoms with Crippen molar-refractivity contribution in [1.29, 1.82) is 0 Å². The summed E-state index contributed by atoms with van der Waals surface area (Å²) in [4.78, 5) is 3.91. The van der Waals surface area contributed by atoms with E-state index in [1.54, 1.807) is 23.6 Å². The fourth-order valence-electron chi connectivity index (χ4n) is 2.07. The third kappa shape index (κ3) is 3.64. The summed E-state index contributed by atoms with van der Waals surface area (Å²) < 4.78 is 40.4. The van der Waals surface area contributed by atoms with E-state index in [9.17, 15) is 12.8 Å². The van der Waals surface area contributed by atoms with Crippen molar-refractivity contribution >= 4 is 21.4 Å². The molecule has 23 heavy (non-hydrogen) atoms. The number of halogens is 1. The number of pyridine rings is 1. The van der Waals surface area contributed by atoms with Gasteiger partial charge in [-0.25, -0.2) is 17.5 Å². The van der Waals surface area contributed by atoms with Crippen LogP contribution in [0.15, 0.2) is 64.3 Å². The Labute approximate surface area is 137 Å². The van der Waals surface area contributed by atoms with Gasteiger partial charge >= 0.3 is 0 Å². The number of rotatable bonds is 5. The molecule has 0 unspecified atom stereocenters. The summed E-state index contributed by atoms with van der Waals surface area (Å²) in [6.07, 6.45) is 1.62. The highest BCUT2D eigenvalue weighted by Crippen LogP contribution is 2.21. The first-order valence-corrected chi connectivity index (χ1v) is 9.20. The number of nitrogens with one attached hydrogen (secondary N) is 1. The van der Waals surface area contributed by atoms with E-state index >= 15 is 0 Å². The summed E-state index contributed by atoms with van der Waals surface area (Å²) in [5.41, 5.74) is 2.50. The van der Waals surface area contributed by atoms with Crippen LogP contribution in [0.1, 0.15) is 5.56 Å². The minimum Gasteiger partial charge on any atom is -0.256 e. The number of nitrogens with zero attached hydrogens (tertiary/aromatic N) is 1. The Kier molecular flexibility index (Phi) is 4.51. The first kappa shape index (κ1) is 15.8. The fourth-order valence-corrected chi connectivity index (χ4v) is 3.82. The van der Waals surface area contributed by atoms with Gasteiger partial charge in [-0.3, -0.25) is 4.98 Å². The van der Waals surface area contributed by atoms with Crippen LogP contribution in [-0.2, 0) is 16.6 Å². The number of benzene rings is 1. The normalized spacial score (nSPS) is 11.5. The van der Waals surface area contributed by atoms with Gasteiger partial charge in [0.05, 0.1) is 5.69 Å². The standard InChI is InChI=1S/C16H13FN2O2S2/c17-14-3-1-2-4-16(14)23(20,21)19-10-12-5-7-18-15(9-12)13-6-8-22-11-13/h1-9,11,19H,10H2. The third-order valence-electron chi connectivity index (χ3n) is 3.23. The van der Waals surface area contributed by atoms with Crippen LogP contribution < -0.4 is 4.72 Å². The molecule has 2 heterocycles. The molecule has 0 saturated carbocycles. The molecule has 1 N–H and O–H groups in total. The molecule has 3 rings (SSSR count). The van der Waals surface area contributed by atoms with E-state index < -0.39 is 15.8 Å². The van der Waals surface area contributed by atoms with Crippen molar-refractivity contribution in [2.75, 3.05) is 0 Å². The molecule has 0 radical (unpaired) electrons. The van der Waals surface area contributed by atoms with Crippen LogP contribution in [0.5, 0.6) is 0 Å². The van der Waals surface area contributed by atoms with E-state index in [1.165, 1.54) is 18.2 Å². The Morgan fingerprint density at radius 3 is 2.74 bits per heavy atom. The summed E-state index contributed by atoms with van der Waals surface area (Å²) in [7, 11) is -3.90. The van der Waals surface area contributed by atoms with E-state index in [1.807, 2.05) is 22.9 Å². The van der Waals surface area contributed by atoms with Crippen molar-refractivity contribution in [3.8, 4) is 11.3 Å². The van der Waals surface area contributed by atoms with Gasteiger partial charge in [0.25, 0.3) is 0 Å². The molecule has 0 atom stereocenters. The summed E-state index contributed by atoms with van der Waals surface area (Å²) in [5.74, 6) is -0.770. The molecule has 1 aromatic carbocycles. The average Bonchev–Trinajstić information content (AvgIpc) is 3.08. The molecule has 0 spiro atoms. The smallest absolute Gasteiger partial charge is 0.243 e. The van der Waals surface area contributed by atoms with Crippen LogP contribution in [-0.4, -0.2) is 13.4 Å². The molecule has 0 saturated heterocycles. The Bertz CT molecular complexity index is 909. The zero-order chi connectivity index (χ0) is 16.3. The first-order valence-electron chi connectivity index (χ1n) is 6.78. The van der Waals surface area contributed by atoms with E-state index in [0.29, 0.717) is 0 Å². The van der Waals surface area contributed by atoms with Gasteiger partial charge < -0.3 is 0 Å². The molecule has 3 aromatic rings. The van der Waals surface area contributed by atoms with Crippen molar-refractivity contribution in [1.82, 2.24) is 9.71 Å². The molecule has 118 valence electrons. The van der Waals surface area contributed by atoms with Crippen LogP contribution in [0.4, 0.5) is 4.39 Å². The predicted octanol–water partition coefficient (Wildman–Crippen LogP) is 3.43. The summed E-state index contributed by atoms with van der Waals surface area (Å²) in [5, 5.41) is 3.92. The second-order valence-corrected chi connectivity index (χ2v) is 7.33. The average molecular weight is 348 g/mol. The first-order chi connectivity index (χ1) is 11.1. The molecule has 0 aliphatic rings. The maximum absolute atomic E-state index is 13.6. The van der Waals surface area contributed by atoms with Gasteiger partial charge in [-0.1, -0.05) is 12.1 Å². The lowest BCUT2D eigenvalue weighted by Crippen LogP contribution is -2.24. The van der Waals surface area contributed by atoms with E-state index in [4.69, 9.17) is 0 Å². The van der Waals surface area contributed by atoms with Gasteiger partial charge in [0.15, 0.2) is 0 Å². The molecule has 0 bridgehead atoms. The molecule has 4 nitrogen and oxygen atoms in total. The monoisotopic (exact) mass is 348 g/mol. The minimum atomic E-state index is -3.90. The Balaban J connectivity index is 1.78. The zero-order valence-corrected chi connectivity index (χ0v) is 13.6. The van der Waals surface area contributed by atoms with Gasteiger partial charge in [0.2, 0.25) is 10.0 Å². The van der Waals surface area contributed by atoms with Crippen LogP contribution in [0, 0.1) is 5.82 Å². The van der Waals surface area contributed by atoms with Crippen molar-refractivity contribution in [2.24, 2.45) is 0 Å². The lowest BCUT2D eigenvalue weighted by Gasteiger charge is -2.08. The summed E-state index contributed by atoms with van der Waals surface area (Å²) >= 11 is 1.56. The maximum Gasteiger partial charge on any atom is 0.243 e. The zero-order valence-electron chi connectivity index (χ0n) is 11.9. The Morgan fingerprint density at radius 1 is 1.17 bits per heavy atom. The van der Waals surface area contributed by atoms with Crippen LogP contribution >= 0.6 is 11.3 Å². The quantitative estimate of drug-likeness (QED) is 0.768. The fraction of sp³-hybridized carbons (Fsp3) is 0.0625. The van der Waals surface area contributed by atoms with Crippen molar-refractivity contribution < 1.29 is 12.8 Å². The number of hydrogen-bond acceptors (Lipinski definition) is 4.